The quantitative estimate of drug-likeness (QED) is 0.900. The minimum absolute atomic E-state index is 0.0530. The molecule has 1 aromatic carbocycles. The highest BCUT2D eigenvalue weighted by molar-refractivity contribution is 7.89. The summed E-state index contributed by atoms with van der Waals surface area (Å²) in [5, 5.41) is 3.57. The van der Waals surface area contributed by atoms with E-state index in [1.54, 1.807) is 6.07 Å². The maximum atomic E-state index is 12.6. The predicted octanol–water partition coefficient (Wildman–Crippen LogP) is 2.26. The number of benzene rings is 1. The largest absolute Gasteiger partial charge is 0.311 e. The molecule has 0 bridgehead atoms. The molecule has 0 aromatic heterocycles. The Bertz CT molecular complexity index is 636. The summed E-state index contributed by atoms with van der Waals surface area (Å²) in [4.78, 5) is 0.411. The van der Waals surface area contributed by atoms with Gasteiger partial charge in [0, 0.05) is 11.6 Å². The van der Waals surface area contributed by atoms with Crippen LogP contribution in [0.15, 0.2) is 23.1 Å². The molecule has 1 saturated carbocycles. The van der Waals surface area contributed by atoms with Crippen molar-refractivity contribution in [1.29, 1.82) is 0 Å². The van der Waals surface area contributed by atoms with Crippen molar-refractivity contribution in [2.24, 2.45) is 0 Å². The van der Waals surface area contributed by atoms with Crippen molar-refractivity contribution >= 4 is 10.0 Å². The van der Waals surface area contributed by atoms with Gasteiger partial charge in [-0.15, -0.1) is 0 Å². The second-order valence-electron chi connectivity index (χ2n) is 6.64. The van der Waals surface area contributed by atoms with E-state index in [4.69, 9.17) is 0 Å². The zero-order valence-electron chi connectivity index (χ0n) is 12.8. The molecule has 1 aromatic rings. The predicted molar refractivity (Wildman–Crippen MR) is 83.8 cm³/mol. The van der Waals surface area contributed by atoms with Crippen molar-refractivity contribution < 1.29 is 8.42 Å². The lowest BCUT2D eigenvalue weighted by Crippen LogP contribution is -2.59. The molecule has 1 saturated heterocycles. The molecule has 0 amide bonds. The Hall–Kier alpha value is -0.910. The molecule has 3 rings (SSSR count). The van der Waals surface area contributed by atoms with Crippen LogP contribution in [0.3, 0.4) is 0 Å². The fraction of sp³-hybridized carbons (Fsp3) is 0.625. The molecular formula is C16H24N2O2S. The van der Waals surface area contributed by atoms with Gasteiger partial charge in [-0.25, -0.2) is 13.1 Å². The van der Waals surface area contributed by atoms with Crippen molar-refractivity contribution in [2.75, 3.05) is 6.54 Å². The lowest BCUT2D eigenvalue weighted by atomic mass is 9.70. The molecule has 116 valence electrons. The summed E-state index contributed by atoms with van der Waals surface area (Å²) < 4.78 is 28.2. The third kappa shape index (κ3) is 3.00. The number of hydrogen-bond donors (Lipinski definition) is 2. The minimum atomic E-state index is -3.42. The summed E-state index contributed by atoms with van der Waals surface area (Å²) in [6.07, 6.45) is 5.39. The van der Waals surface area contributed by atoms with Crippen LogP contribution in [-0.2, 0) is 10.0 Å². The fourth-order valence-electron chi connectivity index (χ4n) is 3.63. The summed E-state index contributed by atoms with van der Waals surface area (Å²) in [5.74, 6) is 0. The smallest absolute Gasteiger partial charge is 0.241 e. The summed E-state index contributed by atoms with van der Waals surface area (Å²) in [6, 6.07) is 5.55. The highest BCUT2D eigenvalue weighted by atomic mass is 32.2. The summed E-state index contributed by atoms with van der Waals surface area (Å²) in [7, 11) is -3.42. The van der Waals surface area contributed by atoms with Gasteiger partial charge in [-0.1, -0.05) is 17.7 Å². The lowest BCUT2D eigenvalue weighted by Gasteiger charge is -2.48. The van der Waals surface area contributed by atoms with Crippen molar-refractivity contribution in [3.8, 4) is 0 Å². The van der Waals surface area contributed by atoms with Crippen molar-refractivity contribution in [3.63, 3.8) is 0 Å². The standard InChI is InChI=1S/C16H24N2O2S/c1-12-4-5-15(13(2)10-12)21(19,20)18-14-6-9-17-16(11-14)7-3-8-16/h4-5,10,14,17-18H,3,6-9,11H2,1-2H3. The zero-order valence-corrected chi connectivity index (χ0v) is 13.6. The molecule has 2 N–H and O–H groups in total. The Morgan fingerprint density at radius 2 is 2.05 bits per heavy atom. The molecular weight excluding hydrogens is 284 g/mol. The van der Waals surface area contributed by atoms with Crippen molar-refractivity contribution in [2.45, 2.75) is 62.4 Å². The van der Waals surface area contributed by atoms with Crippen LogP contribution in [0.2, 0.25) is 0 Å². The maximum Gasteiger partial charge on any atom is 0.241 e. The van der Waals surface area contributed by atoms with E-state index in [-0.39, 0.29) is 11.6 Å². The average molecular weight is 308 g/mol. The number of aryl methyl sites for hydroxylation is 2. The van der Waals surface area contributed by atoms with E-state index >= 15 is 0 Å². The van der Waals surface area contributed by atoms with Gasteiger partial charge in [-0.3, -0.25) is 0 Å². The highest BCUT2D eigenvalue weighted by Gasteiger charge is 2.41. The van der Waals surface area contributed by atoms with Gasteiger partial charge in [-0.2, -0.15) is 0 Å². The SMILES string of the molecule is Cc1ccc(S(=O)(=O)NC2CCNC3(CCC3)C2)c(C)c1. The van der Waals surface area contributed by atoms with Crippen LogP contribution < -0.4 is 10.0 Å². The van der Waals surface area contributed by atoms with E-state index in [0.717, 1.165) is 30.5 Å². The number of rotatable bonds is 3. The van der Waals surface area contributed by atoms with Crippen LogP contribution in [0.1, 0.15) is 43.2 Å². The summed E-state index contributed by atoms with van der Waals surface area (Å²) in [5.41, 5.74) is 2.10. The molecule has 1 aliphatic heterocycles. The summed E-state index contributed by atoms with van der Waals surface area (Å²) in [6.45, 7) is 4.74. The van der Waals surface area contributed by atoms with E-state index in [0.29, 0.717) is 4.90 Å². The average Bonchev–Trinajstić information content (AvgIpc) is 2.36. The Balaban J connectivity index is 1.76. The Morgan fingerprint density at radius 3 is 2.67 bits per heavy atom. The molecule has 1 spiro atoms. The first kappa shape index (κ1) is 15.0. The molecule has 4 nitrogen and oxygen atoms in total. The molecule has 0 radical (unpaired) electrons. The van der Waals surface area contributed by atoms with E-state index in [1.807, 2.05) is 26.0 Å². The third-order valence-corrected chi connectivity index (χ3v) is 6.56. The summed E-state index contributed by atoms with van der Waals surface area (Å²) >= 11 is 0. The van der Waals surface area contributed by atoms with Crippen LogP contribution in [0.4, 0.5) is 0 Å². The second kappa shape index (κ2) is 5.38. The monoisotopic (exact) mass is 308 g/mol. The molecule has 21 heavy (non-hydrogen) atoms. The second-order valence-corrected chi connectivity index (χ2v) is 8.32. The van der Waals surface area contributed by atoms with Crippen LogP contribution in [0.5, 0.6) is 0 Å². The molecule has 1 heterocycles. The molecule has 2 fully saturated rings. The van der Waals surface area contributed by atoms with E-state index in [2.05, 4.69) is 10.0 Å². The van der Waals surface area contributed by atoms with Gasteiger partial charge in [0.05, 0.1) is 4.90 Å². The lowest BCUT2D eigenvalue weighted by molar-refractivity contribution is 0.126. The van der Waals surface area contributed by atoms with Crippen LogP contribution >= 0.6 is 0 Å². The minimum Gasteiger partial charge on any atom is -0.311 e. The van der Waals surface area contributed by atoms with Gasteiger partial charge in [0.1, 0.15) is 0 Å². The van der Waals surface area contributed by atoms with Gasteiger partial charge in [0.15, 0.2) is 0 Å². The first-order chi connectivity index (χ1) is 9.90. The molecule has 1 atom stereocenters. The molecule has 1 aliphatic carbocycles. The van der Waals surface area contributed by atoms with E-state index < -0.39 is 10.0 Å². The number of hydrogen-bond acceptors (Lipinski definition) is 3. The number of piperidine rings is 1. The topological polar surface area (TPSA) is 58.2 Å². The third-order valence-electron chi connectivity index (χ3n) is 4.88. The first-order valence-corrected chi connectivity index (χ1v) is 9.23. The van der Waals surface area contributed by atoms with Crippen LogP contribution in [-0.4, -0.2) is 26.5 Å². The van der Waals surface area contributed by atoms with E-state index in [1.165, 1.54) is 19.3 Å². The van der Waals surface area contributed by atoms with Gasteiger partial charge in [-0.05, 0) is 64.1 Å². The van der Waals surface area contributed by atoms with Crippen molar-refractivity contribution in [3.05, 3.63) is 29.3 Å². The zero-order chi connectivity index (χ0) is 15.1. The van der Waals surface area contributed by atoms with Gasteiger partial charge < -0.3 is 5.32 Å². The molecule has 2 aliphatic rings. The van der Waals surface area contributed by atoms with E-state index in [9.17, 15) is 8.42 Å². The first-order valence-electron chi connectivity index (χ1n) is 7.75. The van der Waals surface area contributed by atoms with Gasteiger partial charge in [0.2, 0.25) is 10.0 Å². The molecule has 5 heteroatoms. The Kier molecular flexibility index (Phi) is 3.84. The van der Waals surface area contributed by atoms with Crippen LogP contribution in [0.25, 0.3) is 0 Å². The van der Waals surface area contributed by atoms with Crippen molar-refractivity contribution in [1.82, 2.24) is 10.0 Å². The maximum absolute atomic E-state index is 12.6. The van der Waals surface area contributed by atoms with Crippen LogP contribution in [0, 0.1) is 13.8 Å². The normalized spacial score (nSPS) is 24.8. The number of nitrogens with one attached hydrogen (secondary N) is 2. The Labute approximate surface area is 127 Å². The fourth-order valence-corrected chi connectivity index (χ4v) is 5.12. The highest BCUT2D eigenvalue weighted by Crippen LogP contribution is 2.38. The van der Waals surface area contributed by atoms with Gasteiger partial charge >= 0.3 is 0 Å². The Morgan fingerprint density at radius 1 is 1.29 bits per heavy atom. The number of sulfonamides is 1. The molecule has 1 unspecified atom stereocenters. The van der Waals surface area contributed by atoms with Gasteiger partial charge in [0.25, 0.3) is 0 Å².